The highest BCUT2D eigenvalue weighted by molar-refractivity contribution is 5.89. The van der Waals surface area contributed by atoms with Gasteiger partial charge in [0.15, 0.2) is 6.29 Å². The van der Waals surface area contributed by atoms with Gasteiger partial charge in [-0.1, -0.05) is 92.6 Å². The van der Waals surface area contributed by atoms with E-state index in [-0.39, 0.29) is 30.8 Å². The molecule has 5 rings (SSSR count). The number of aliphatic hydroxyl groups is 1. The largest absolute Gasteiger partial charge is 0.392 e. The second kappa shape index (κ2) is 14.6. The van der Waals surface area contributed by atoms with Crippen molar-refractivity contribution in [3.8, 4) is 0 Å². The summed E-state index contributed by atoms with van der Waals surface area (Å²) in [5.74, 6) is 0.0972. The molecule has 2 amide bonds. The van der Waals surface area contributed by atoms with Gasteiger partial charge in [0, 0.05) is 42.8 Å². The summed E-state index contributed by atoms with van der Waals surface area (Å²) in [6, 6.07) is 25.8. The van der Waals surface area contributed by atoms with Gasteiger partial charge in [0.1, 0.15) is 0 Å². The van der Waals surface area contributed by atoms with E-state index in [0.29, 0.717) is 18.3 Å². The van der Waals surface area contributed by atoms with Crippen LogP contribution in [0.25, 0.3) is 0 Å². The molecule has 0 radical (unpaired) electrons. The molecular formula is C35H43N3O4. The molecule has 3 aromatic rings. The van der Waals surface area contributed by atoms with E-state index in [2.05, 4.69) is 29.0 Å². The predicted molar refractivity (Wildman–Crippen MR) is 166 cm³/mol. The molecule has 1 heterocycles. The normalized spacial score (nSPS) is 22.6. The second-order valence-electron chi connectivity index (χ2n) is 11.4. The lowest BCUT2D eigenvalue weighted by Crippen LogP contribution is -2.47. The van der Waals surface area contributed by atoms with E-state index in [1.54, 1.807) is 0 Å². The van der Waals surface area contributed by atoms with Gasteiger partial charge >= 0.3 is 6.03 Å². The molecule has 2 aliphatic rings. The lowest BCUT2D eigenvalue weighted by atomic mass is 9.89. The maximum atomic E-state index is 12.7. The molecule has 7 heteroatoms. The summed E-state index contributed by atoms with van der Waals surface area (Å²) >= 11 is 0. The van der Waals surface area contributed by atoms with Crippen LogP contribution < -0.4 is 10.6 Å². The number of ether oxygens (including phenoxy) is 2. The molecule has 3 N–H and O–H groups in total. The number of rotatable bonds is 11. The molecule has 222 valence electrons. The third-order valence-electron chi connectivity index (χ3n) is 8.46. The Kier molecular flexibility index (Phi) is 10.4. The van der Waals surface area contributed by atoms with Crippen molar-refractivity contribution in [2.45, 2.75) is 70.3 Å². The topological polar surface area (TPSA) is 83.1 Å². The molecule has 1 saturated heterocycles. The van der Waals surface area contributed by atoms with Crippen molar-refractivity contribution in [3.63, 3.8) is 0 Å². The van der Waals surface area contributed by atoms with Gasteiger partial charge in [0.05, 0.1) is 18.8 Å². The van der Waals surface area contributed by atoms with Crippen LogP contribution in [-0.2, 0) is 22.6 Å². The van der Waals surface area contributed by atoms with Crippen LogP contribution >= 0.6 is 0 Å². The maximum absolute atomic E-state index is 12.7. The van der Waals surface area contributed by atoms with Gasteiger partial charge in [-0.05, 0) is 41.7 Å². The number of hydrogen-bond acceptors (Lipinski definition) is 5. The predicted octanol–water partition coefficient (Wildman–Crippen LogP) is 6.72. The number of carbonyl (C=O) groups excluding carboxylic acids is 1. The Morgan fingerprint density at radius 2 is 1.74 bits per heavy atom. The van der Waals surface area contributed by atoms with Crippen LogP contribution in [0.3, 0.4) is 0 Å². The van der Waals surface area contributed by atoms with Crippen molar-refractivity contribution in [1.29, 1.82) is 0 Å². The lowest BCUT2D eigenvalue weighted by molar-refractivity contribution is -0.276. The molecule has 4 unspecified atom stereocenters. The first-order valence-corrected chi connectivity index (χ1v) is 15.1. The fourth-order valence-electron chi connectivity index (χ4n) is 6.08. The molecule has 7 nitrogen and oxygen atoms in total. The van der Waals surface area contributed by atoms with E-state index in [1.807, 2.05) is 84.9 Å². The van der Waals surface area contributed by atoms with Crippen LogP contribution in [0.4, 0.5) is 10.5 Å². The summed E-state index contributed by atoms with van der Waals surface area (Å²) in [5.41, 5.74) is 4.48. The van der Waals surface area contributed by atoms with E-state index < -0.39 is 6.29 Å². The minimum atomic E-state index is -0.600. The first-order valence-electron chi connectivity index (χ1n) is 15.1. The zero-order valence-electron chi connectivity index (χ0n) is 24.5. The van der Waals surface area contributed by atoms with E-state index in [9.17, 15) is 9.90 Å². The molecule has 4 atom stereocenters. The Hall–Kier alpha value is -3.49. The number of aliphatic hydroxyl groups excluding tert-OH is 1. The molecule has 0 spiro atoms. The number of anilines is 1. The minimum Gasteiger partial charge on any atom is -0.392 e. The van der Waals surface area contributed by atoms with Crippen molar-refractivity contribution in [3.05, 3.63) is 114 Å². The Labute approximate surface area is 249 Å². The third-order valence-corrected chi connectivity index (χ3v) is 8.46. The molecule has 2 fully saturated rings. The second-order valence-corrected chi connectivity index (χ2v) is 11.4. The number of benzene rings is 3. The number of hydrogen-bond donors (Lipinski definition) is 3. The van der Waals surface area contributed by atoms with Crippen LogP contribution in [0.5, 0.6) is 0 Å². The zero-order valence-corrected chi connectivity index (χ0v) is 24.5. The average molecular weight is 570 g/mol. The summed E-state index contributed by atoms with van der Waals surface area (Å²) in [5, 5.41) is 15.4. The van der Waals surface area contributed by atoms with Crippen LogP contribution in [0, 0.1) is 5.92 Å². The van der Waals surface area contributed by atoms with Crippen LogP contribution in [-0.4, -0.2) is 41.3 Å². The van der Waals surface area contributed by atoms with Gasteiger partial charge < -0.3 is 25.2 Å². The van der Waals surface area contributed by atoms with Crippen LogP contribution in [0.1, 0.15) is 67.3 Å². The van der Waals surface area contributed by atoms with Crippen molar-refractivity contribution in [1.82, 2.24) is 10.2 Å². The zero-order chi connectivity index (χ0) is 29.3. The van der Waals surface area contributed by atoms with E-state index in [0.717, 1.165) is 35.3 Å². The van der Waals surface area contributed by atoms with Gasteiger partial charge in [-0.2, -0.15) is 0 Å². The van der Waals surface area contributed by atoms with E-state index >= 15 is 0 Å². The van der Waals surface area contributed by atoms with Gasteiger partial charge in [0.25, 0.3) is 0 Å². The highest BCUT2D eigenvalue weighted by atomic mass is 16.7. The number of amides is 2. The van der Waals surface area contributed by atoms with Gasteiger partial charge in [-0.25, -0.2) is 4.79 Å². The quantitative estimate of drug-likeness (QED) is 0.223. The van der Waals surface area contributed by atoms with Gasteiger partial charge in [-0.15, -0.1) is 6.58 Å². The first-order chi connectivity index (χ1) is 20.5. The molecule has 1 aliphatic carbocycles. The van der Waals surface area contributed by atoms with Crippen molar-refractivity contribution >= 4 is 11.7 Å². The fraction of sp³-hybridized carbons (Fsp3) is 0.400. The van der Waals surface area contributed by atoms with Crippen molar-refractivity contribution in [2.24, 2.45) is 5.92 Å². The number of nitrogens with zero attached hydrogens (tertiary/aromatic N) is 1. The summed E-state index contributed by atoms with van der Waals surface area (Å²) in [6.45, 7) is 8.29. The minimum absolute atomic E-state index is 0.00629. The highest BCUT2D eigenvalue weighted by Crippen LogP contribution is 2.42. The Balaban J connectivity index is 1.34. The molecular weight excluding hydrogens is 526 g/mol. The average Bonchev–Trinajstić information content (AvgIpc) is 3.57. The van der Waals surface area contributed by atoms with Crippen molar-refractivity contribution in [2.75, 3.05) is 18.4 Å². The molecule has 1 aliphatic heterocycles. The third kappa shape index (κ3) is 7.66. The Morgan fingerprint density at radius 3 is 2.45 bits per heavy atom. The van der Waals surface area contributed by atoms with Crippen LogP contribution in [0.15, 0.2) is 91.5 Å². The summed E-state index contributed by atoms with van der Waals surface area (Å²) in [6.07, 6.45) is 6.08. The van der Waals surface area contributed by atoms with Gasteiger partial charge in [-0.3, -0.25) is 4.90 Å². The number of nitrogens with one attached hydrogen (secondary N) is 2. The summed E-state index contributed by atoms with van der Waals surface area (Å²) in [7, 11) is 0. The molecule has 3 aromatic carbocycles. The van der Waals surface area contributed by atoms with Gasteiger partial charge in [0.2, 0.25) is 0 Å². The fourth-order valence-corrected chi connectivity index (χ4v) is 6.08. The molecule has 0 bridgehead atoms. The lowest BCUT2D eigenvalue weighted by Gasteiger charge is -2.43. The first kappa shape index (κ1) is 30.0. The smallest absolute Gasteiger partial charge is 0.319 e. The van der Waals surface area contributed by atoms with E-state index in [4.69, 9.17) is 9.47 Å². The molecule has 1 saturated carbocycles. The van der Waals surface area contributed by atoms with Crippen molar-refractivity contribution < 1.29 is 19.4 Å². The number of urea groups is 1. The number of carbonyl (C=O) groups is 1. The molecule has 0 aromatic heterocycles. The summed E-state index contributed by atoms with van der Waals surface area (Å²) in [4.78, 5) is 15.2. The highest BCUT2D eigenvalue weighted by Gasteiger charge is 2.40. The Morgan fingerprint density at radius 1 is 0.976 bits per heavy atom. The molecule has 42 heavy (non-hydrogen) atoms. The summed E-state index contributed by atoms with van der Waals surface area (Å²) < 4.78 is 13.4. The standard InChI is InChI=1S/C35H43N3O4/c1-3-20-38(31-14-7-8-15-31)23-32-25(2)33(28-18-16-27(24-39)17-19-28)42-34(41-32)29-12-9-13-30(21-29)37-35(40)36-22-26-10-5-4-6-11-26/h3-6,9-13,16-19,21,25,31-34,39H,1,7-8,14-15,20,22-24H2,2H3,(H2,36,37,40). The Bertz CT molecular complexity index is 1290. The SMILES string of the molecule is C=CCN(CC1OC(c2cccc(NC(=O)NCc3ccccc3)c2)OC(c2ccc(CO)cc2)C1C)C1CCCC1. The maximum Gasteiger partial charge on any atom is 0.319 e. The van der Waals surface area contributed by atoms with E-state index in [1.165, 1.54) is 25.7 Å². The monoisotopic (exact) mass is 569 g/mol. The van der Waals surface area contributed by atoms with Crippen LogP contribution in [0.2, 0.25) is 0 Å².